The molecule has 2 N–H and O–H groups in total. The highest BCUT2D eigenvalue weighted by Gasteiger charge is 2.30. The summed E-state index contributed by atoms with van der Waals surface area (Å²) in [6.07, 6.45) is 4.36. The molecule has 0 radical (unpaired) electrons. The smallest absolute Gasteiger partial charge is 0.339 e. The Kier molecular flexibility index (Phi) is 6.80. The monoisotopic (exact) mass is 455 g/mol. The fourth-order valence-corrected chi connectivity index (χ4v) is 4.38. The lowest BCUT2D eigenvalue weighted by atomic mass is 9.99. The predicted molar refractivity (Wildman–Crippen MR) is 120 cm³/mol. The van der Waals surface area contributed by atoms with Gasteiger partial charge in [-0.2, -0.15) is 5.10 Å². The van der Waals surface area contributed by atoms with Gasteiger partial charge in [-0.25, -0.2) is 14.3 Å². The second-order valence-corrected chi connectivity index (χ2v) is 8.30. The molecule has 1 saturated carbocycles. The van der Waals surface area contributed by atoms with Gasteiger partial charge >= 0.3 is 5.97 Å². The Morgan fingerprint density at radius 3 is 2.48 bits per heavy atom. The first kappa shape index (κ1) is 23.0. The van der Waals surface area contributed by atoms with Crippen LogP contribution in [0.2, 0.25) is 0 Å². The zero-order valence-corrected chi connectivity index (χ0v) is 19.0. The van der Waals surface area contributed by atoms with E-state index in [1.165, 1.54) is 10.6 Å². The number of hydrogen-bond acceptors (Lipinski definition) is 7. The van der Waals surface area contributed by atoms with Gasteiger partial charge < -0.3 is 24.4 Å². The lowest BCUT2D eigenvalue weighted by Gasteiger charge is -2.27. The Morgan fingerprint density at radius 2 is 1.88 bits per heavy atom. The van der Waals surface area contributed by atoms with E-state index in [1.54, 1.807) is 38.6 Å². The molecule has 1 aliphatic carbocycles. The number of methoxy groups -OCH3 is 2. The van der Waals surface area contributed by atoms with Gasteiger partial charge in [-0.15, -0.1) is 0 Å². The maximum Gasteiger partial charge on any atom is 0.339 e. The highest BCUT2D eigenvalue weighted by Crippen LogP contribution is 2.35. The van der Waals surface area contributed by atoms with Gasteiger partial charge in [-0.3, -0.25) is 0 Å². The quantitative estimate of drug-likeness (QED) is 0.505. The van der Waals surface area contributed by atoms with Crippen molar-refractivity contribution in [3.05, 3.63) is 53.0 Å². The molecule has 1 fully saturated rings. The SMILES string of the molecule is COc1cc(C(O)C(Cc2nc3c(C(=O)O)cccn3n2)OC2CCCC2)cc(OC)c1C. The Balaban J connectivity index is 1.68. The van der Waals surface area contributed by atoms with Crippen molar-refractivity contribution in [1.82, 2.24) is 14.6 Å². The Morgan fingerprint density at radius 1 is 1.21 bits per heavy atom. The first-order valence-corrected chi connectivity index (χ1v) is 11.0. The van der Waals surface area contributed by atoms with Gasteiger partial charge in [0.25, 0.3) is 0 Å². The minimum atomic E-state index is -1.07. The number of pyridine rings is 1. The van der Waals surface area contributed by atoms with Gasteiger partial charge in [0, 0.05) is 18.2 Å². The number of hydrogen-bond donors (Lipinski definition) is 2. The Labute approximate surface area is 191 Å². The third-order valence-electron chi connectivity index (χ3n) is 6.16. The summed E-state index contributed by atoms with van der Waals surface area (Å²) < 4.78 is 18.7. The number of carbonyl (C=O) groups is 1. The molecule has 4 rings (SSSR count). The lowest BCUT2D eigenvalue weighted by Crippen LogP contribution is -2.29. The molecule has 9 heteroatoms. The summed E-state index contributed by atoms with van der Waals surface area (Å²) in [5.41, 5.74) is 1.77. The van der Waals surface area contributed by atoms with E-state index >= 15 is 0 Å². The minimum Gasteiger partial charge on any atom is -0.496 e. The van der Waals surface area contributed by atoms with Crippen LogP contribution in [-0.4, -0.2) is 57.2 Å². The molecule has 2 atom stereocenters. The molecule has 0 aliphatic heterocycles. The maximum absolute atomic E-state index is 11.5. The van der Waals surface area contributed by atoms with Crippen molar-refractivity contribution < 1.29 is 29.2 Å². The van der Waals surface area contributed by atoms with Crippen molar-refractivity contribution in [2.75, 3.05) is 14.2 Å². The summed E-state index contributed by atoms with van der Waals surface area (Å²) in [6.45, 7) is 1.89. The summed E-state index contributed by atoms with van der Waals surface area (Å²) in [5, 5.41) is 25.2. The molecule has 2 aromatic heterocycles. The second kappa shape index (κ2) is 9.76. The Bertz CT molecular complexity index is 1110. The van der Waals surface area contributed by atoms with E-state index in [0.717, 1.165) is 31.2 Å². The number of ether oxygens (including phenoxy) is 3. The van der Waals surface area contributed by atoms with Gasteiger partial charge in [-0.1, -0.05) is 12.8 Å². The number of nitrogens with zero attached hydrogens (tertiary/aromatic N) is 3. The van der Waals surface area contributed by atoms with Crippen molar-refractivity contribution in [2.45, 2.75) is 57.3 Å². The normalized spacial score (nSPS) is 16.1. The number of carboxylic acid groups (broad SMARTS) is 1. The maximum atomic E-state index is 11.5. The second-order valence-electron chi connectivity index (χ2n) is 8.30. The predicted octanol–water partition coefficient (Wildman–Crippen LogP) is 3.36. The highest BCUT2D eigenvalue weighted by molar-refractivity contribution is 5.94. The lowest BCUT2D eigenvalue weighted by molar-refractivity contribution is -0.0761. The van der Waals surface area contributed by atoms with Crippen LogP contribution in [0.25, 0.3) is 5.65 Å². The molecule has 176 valence electrons. The van der Waals surface area contributed by atoms with Crippen LogP contribution in [-0.2, 0) is 11.2 Å². The number of benzene rings is 1. The number of aromatic carboxylic acids is 1. The zero-order valence-electron chi connectivity index (χ0n) is 19.0. The molecule has 0 saturated heterocycles. The van der Waals surface area contributed by atoms with Crippen molar-refractivity contribution in [2.24, 2.45) is 0 Å². The van der Waals surface area contributed by atoms with Crippen LogP contribution in [0.3, 0.4) is 0 Å². The van der Waals surface area contributed by atoms with Gasteiger partial charge in [-0.05, 0) is 49.6 Å². The number of aliphatic hydroxyl groups excluding tert-OH is 1. The Hall–Kier alpha value is -3.17. The molecule has 0 bridgehead atoms. The molecule has 1 aliphatic rings. The molecule has 2 heterocycles. The van der Waals surface area contributed by atoms with Crippen LogP contribution in [0.1, 0.15) is 59.1 Å². The van der Waals surface area contributed by atoms with Crippen LogP contribution < -0.4 is 9.47 Å². The van der Waals surface area contributed by atoms with Crippen LogP contribution in [0.5, 0.6) is 11.5 Å². The van der Waals surface area contributed by atoms with E-state index < -0.39 is 18.2 Å². The number of carboxylic acids is 1. The topological polar surface area (TPSA) is 115 Å². The average molecular weight is 456 g/mol. The third-order valence-corrected chi connectivity index (χ3v) is 6.16. The van der Waals surface area contributed by atoms with E-state index in [9.17, 15) is 15.0 Å². The van der Waals surface area contributed by atoms with E-state index in [0.29, 0.717) is 22.9 Å². The number of aliphatic hydroxyl groups is 1. The van der Waals surface area contributed by atoms with Crippen molar-refractivity contribution in [3.63, 3.8) is 0 Å². The van der Waals surface area contributed by atoms with E-state index in [4.69, 9.17) is 14.2 Å². The average Bonchev–Trinajstić information content (AvgIpc) is 3.47. The molecular weight excluding hydrogens is 426 g/mol. The summed E-state index contributed by atoms with van der Waals surface area (Å²) in [5.74, 6) is 0.550. The van der Waals surface area contributed by atoms with Gasteiger partial charge in [0.15, 0.2) is 11.5 Å². The van der Waals surface area contributed by atoms with Crippen molar-refractivity contribution in [1.29, 1.82) is 0 Å². The molecule has 33 heavy (non-hydrogen) atoms. The third kappa shape index (κ3) is 4.79. The van der Waals surface area contributed by atoms with Crippen LogP contribution in [0.15, 0.2) is 30.5 Å². The number of aromatic nitrogens is 3. The molecule has 1 aromatic carbocycles. The van der Waals surface area contributed by atoms with Crippen molar-refractivity contribution in [3.8, 4) is 11.5 Å². The molecule has 9 nitrogen and oxygen atoms in total. The van der Waals surface area contributed by atoms with Gasteiger partial charge in [0.05, 0.1) is 26.4 Å². The molecular formula is C24H29N3O6. The number of fused-ring (bicyclic) bond motifs is 1. The largest absolute Gasteiger partial charge is 0.496 e. The molecule has 0 amide bonds. The van der Waals surface area contributed by atoms with E-state index in [1.807, 2.05) is 6.92 Å². The summed E-state index contributed by atoms with van der Waals surface area (Å²) in [4.78, 5) is 16.0. The van der Waals surface area contributed by atoms with Crippen molar-refractivity contribution >= 4 is 11.6 Å². The molecule has 0 spiro atoms. The van der Waals surface area contributed by atoms with Crippen LogP contribution in [0, 0.1) is 6.92 Å². The zero-order chi connectivity index (χ0) is 23.5. The number of rotatable bonds is 9. The first-order valence-electron chi connectivity index (χ1n) is 11.0. The highest BCUT2D eigenvalue weighted by atomic mass is 16.5. The molecule has 3 aromatic rings. The van der Waals surface area contributed by atoms with E-state index in [2.05, 4.69) is 10.1 Å². The summed E-state index contributed by atoms with van der Waals surface area (Å²) >= 11 is 0. The molecule has 2 unspecified atom stereocenters. The first-order chi connectivity index (χ1) is 15.9. The van der Waals surface area contributed by atoms with E-state index in [-0.39, 0.29) is 23.7 Å². The standard InChI is InChI=1S/C24H29N3O6/c1-14-18(31-2)11-15(12-19(14)32-3)22(28)20(33-16-7-4-5-8-16)13-21-25-23-17(24(29)30)9-6-10-27(23)26-21/h6,9-12,16,20,22,28H,4-5,7-8,13H2,1-3H3,(H,29,30). The van der Waals surface area contributed by atoms with Crippen LogP contribution >= 0.6 is 0 Å². The summed E-state index contributed by atoms with van der Waals surface area (Å²) in [6, 6.07) is 6.67. The minimum absolute atomic E-state index is 0.0468. The summed E-state index contributed by atoms with van der Waals surface area (Å²) in [7, 11) is 3.15. The van der Waals surface area contributed by atoms with Gasteiger partial charge in [0.2, 0.25) is 0 Å². The van der Waals surface area contributed by atoms with Gasteiger partial charge in [0.1, 0.15) is 23.2 Å². The fourth-order valence-electron chi connectivity index (χ4n) is 4.38. The fraction of sp³-hybridized carbons (Fsp3) is 0.458. The van der Waals surface area contributed by atoms with Crippen LogP contribution in [0.4, 0.5) is 0 Å².